The van der Waals surface area contributed by atoms with E-state index in [0.717, 1.165) is 25.7 Å². The lowest BCUT2D eigenvalue weighted by atomic mass is 10.2. The van der Waals surface area contributed by atoms with Gasteiger partial charge in [0.1, 0.15) is 6.10 Å². The van der Waals surface area contributed by atoms with Crippen molar-refractivity contribution in [2.24, 2.45) is 0 Å². The summed E-state index contributed by atoms with van der Waals surface area (Å²) in [7, 11) is 0. The van der Waals surface area contributed by atoms with Crippen LogP contribution in [0, 0.1) is 0 Å². The number of nitrogens with one attached hydrogen (secondary N) is 2. The second-order valence-corrected chi connectivity index (χ2v) is 5.51. The number of carbonyl (C=O) groups excluding carboxylic acids is 2. The zero-order chi connectivity index (χ0) is 13.9. The summed E-state index contributed by atoms with van der Waals surface area (Å²) in [5, 5.41) is 5.12. The molecule has 0 unspecified atom stereocenters. The van der Waals surface area contributed by atoms with Gasteiger partial charge in [0.25, 0.3) is 0 Å². The Labute approximate surface area is 113 Å². The lowest BCUT2D eigenvalue weighted by Crippen LogP contribution is -2.45. The first-order chi connectivity index (χ1) is 9.01. The van der Waals surface area contributed by atoms with Gasteiger partial charge in [-0.25, -0.2) is 0 Å². The van der Waals surface area contributed by atoms with Gasteiger partial charge in [-0.15, -0.1) is 0 Å². The Balaban J connectivity index is 1.71. The largest absolute Gasteiger partial charge is 0.347 e. The minimum Gasteiger partial charge on any atom is -0.347 e. The highest BCUT2D eigenvalue weighted by Crippen LogP contribution is 2.38. The molecule has 2 aliphatic rings. The Hall–Kier alpha value is -1.14. The Morgan fingerprint density at radius 1 is 1.26 bits per heavy atom. The molecule has 1 heterocycles. The number of ether oxygens (including phenoxy) is 2. The normalized spacial score (nSPS) is 24.9. The molecule has 19 heavy (non-hydrogen) atoms. The Morgan fingerprint density at radius 3 is 2.58 bits per heavy atom. The summed E-state index contributed by atoms with van der Waals surface area (Å²) in [4.78, 5) is 22.9. The zero-order valence-electron chi connectivity index (χ0n) is 11.5. The molecule has 2 N–H and O–H groups in total. The third kappa shape index (κ3) is 3.67. The molecular weight excluding hydrogens is 248 g/mol. The molecule has 0 aromatic rings. The molecule has 2 fully saturated rings. The number of hydrogen-bond acceptors (Lipinski definition) is 4. The Bertz CT molecular complexity index is 351. The van der Waals surface area contributed by atoms with Gasteiger partial charge in [0.2, 0.25) is 0 Å². The minimum atomic E-state index is -0.621. The lowest BCUT2D eigenvalue weighted by Gasteiger charge is -2.21. The fourth-order valence-corrected chi connectivity index (χ4v) is 2.51. The number of amides is 2. The van der Waals surface area contributed by atoms with Crippen LogP contribution in [0.3, 0.4) is 0 Å². The van der Waals surface area contributed by atoms with Crippen LogP contribution in [0.25, 0.3) is 0 Å². The topological polar surface area (TPSA) is 76.7 Å². The summed E-state index contributed by atoms with van der Waals surface area (Å²) in [6, 6.07) is -0.0499. The van der Waals surface area contributed by atoms with Crippen LogP contribution < -0.4 is 10.6 Å². The zero-order valence-corrected chi connectivity index (χ0v) is 11.5. The van der Waals surface area contributed by atoms with Gasteiger partial charge in [-0.05, 0) is 26.7 Å². The molecule has 6 nitrogen and oxygen atoms in total. The van der Waals surface area contributed by atoms with Crippen LogP contribution in [0.4, 0.5) is 0 Å². The van der Waals surface area contributed by atoms with Gasteiger partial charge >= 0.3 is 11.8 Å². The standard InChI is InChI=1S/C13H22N2O4/c1-9(2)15-12(17)11(16)14-7-10-8-18-13(19-10)5-3-4-6-13/h9-10H,3-8H2,1-2H3,(H,14,16)(H,15,17)/t10-/m0/s1. The van der Waals surface area contributed by atoms with Crippen LogP contribution in [0.1, 0.15) is 39.5 Å². The second-order valence-electron chi connectivity index (χ2n) is 5.51. The molecule has 1 saturated carbocycles. The summed E-state index contributed by atoms with van der Waals surface area (Å²) in [5.41, 5.74) is 0. The molecule has 1 atom stereocenters. The molecule has 108 valence electrons. The highest BCUT2D eigenvalue weighted by Gasteiger charge is 2.43. The van der Waals surface area contributed by atoms with E-state index in [2.05, 4.69) is 10.6 Å². The molecule has 1 aliphatic carbocycles. The molecule has 0 aromatic carbocycles. The maximum atomic E-state index is 11.5. The quantitative estimate of drug-likeness (QED) is 0.724. The molecule has 0 bridgehead atoms. The molecular formula is C13H22N2O4. The third-order valence-corrected chi connectivity index (χ3v) is 3.40. The van der Waals surface area contributed by atoms with Crippen molar-refractivity contribution in [3.8, 4) is 0 Å². The van der Waals surface area contributed by atoms with Crippen molar-refractivity contribution in [2.75, 3.05) is 13.2 Å². The average Bonchev–Trinajstić information content (AvgIpc) is 2.96. The van der Waals surface area contributed by atoms with E-state index in [0.29, 0.717) is 13.2 Å². The van der Waals surface area contributed by atoms with E-state index in [1.165, 1.54) is 0 Å². The highest BCUT2D eigenvalue weighted by molar-refractivity contribution is 6.35. The maximum absolute atomic E-state index is 11.5. The third-order valence-electron chi connectivity index (χ3n) is 3.40. The average molecular weight is 270 g/mol. The monoisotopic (exact) mass is 270 g/mol. The molecule has 1 saturated heterocycles. The summed E-state index contributed by atoms with van der Waals surface area (Å²) < 4.78 is 11.5. The fraction of sp³-hybridized carbons (Fsp3) is 0.846. The van der Waals surface area contributed by atoms with E-state index < -0.39 is 17.6 Å². The first-order valence-corrected chi connectivity index (χ1v) is 6.91. The summed E-state index contributed by atoms with van der Waals surface area (Å²) in [6.45, 7) is 4.41. The van der Waals surface area contributed by atoms with Crippen LogP contribution in [0.15, 0.2) is 0 Å². The minimum absolute atomic E-state index is 0.0499. The van der Waals surface area contributed by atoms with E-state index in [9.17, 15) is 9.59 Å². The highest BCUT2D eigenvalue weighted by atomic mass is 16.7. The Kier molecular flexibility index (Phi) is 4.42. The molecule has 2 amide bonds. The van der Waals surface area contributed by atoms with E-state index >= 15 is 0 Å². The van der Waals surface area contributed by atoms with Crippen LogP contribution in [0.5, 0.6) is 0 Å². The number of hydrogen-bond donors (Lipinski definition) is 2. The van der Waals surface area contributed by atoms with Gasteiger partial charge in [-0.3, -0.25) is 9.59 Å². The molecule has 6 heteroatoms. The van der Waals surface area contributed by atoms with Gasteiger partial charge in [-0.1, -0.05) is 0 Å². The van der Waals surface area contributed by atoms with Crippen molar-refractivity contribution in [1.82, 2.24) is 10.6 Å². The van der Waals surface area contributed by atoms with Gasteiger partial charge < -0.3 is 20.1 Å². The lowest BCUT2D eigenvalue weighted by molar-refractivity contribution is -0.161. The maximum Gasteiger partial charge on any atom is 0.309 e. The van der Waals surface area contributed by atoms with Crippen molar-refractivity contribution >= 4 is 11.8 Å². The van der Waals surface area contributed by atoms with Crippen LogP contribution in [-0.4, -0.2) is 42.9 Å². The van der Waals surface area contributed by atoms with E-state index in [4.69, 9.17) is 9.47 Å². The van der Waals surface area contributed by atoms with Crippen molar-refractivity contribution in [2.45, 2.75) is 57.5 Å². The number of rotatable bonds is 3. The molecule has 1 spiro atoms. The first kappa shape index (κ1) is 14.3. The first-order valence-electron chi connectivity index (χ1n) is 6.91. The van der Waals surface area contributed by atoms with Crippen molar-refractivity contribution in [1.29, 1.82) is 0 Å². The summed E-state index contributed by atoms with van der Waals surface area (Å²) in [5.74, 6) is -1.65. The van der Waals surface area contributed by atoms with Gasteiger partial charge in [-0.2, -0.15) is 0 Å². The predicted molar refractivity (Wildman–Crippen MR) is 68.3 cm³/mol. The summed E-state index contributed by atoms with van der Waals surface area (Å²) in [6.07, 6.45) is 3.93. The summed E-state index contributed by atoms with van der Waals surface area (Å²) >= 11 is 0. The smallest absolute Gasteiger partial charge is 0.309 e. The molecule has 1 aliphatic heterocycles. The van der Waals surface area contributed by atoms with Crippen molar-refractivity contribution in [3.05, 3.63) is 0 Å². The molecule has 0 aromatic heterocycles. The van der Waals surface area contributed by atoms with Crippen LogP contribution in [-0.2, 0) is 19.1 Å². The fourth-order valence-electron chi connectivity index (χ4n) is 2.51. The predicted octanol–water partition coefficient (Wildman–Crippen LogP) is 0.313. The van der Waals surface area contributed by atoms with E-state index in [-0.39, 0.29) is 12.1 Å². The molecule has 2 rings (SSSR count). The second kappa shape index (κ2) is 5.88. The number of carbonyl (C=O) groups is 2. The van der Waals surface area contributed by atoms with Gasteiger partial charge in [0.15, 0.2) is 5.79 Å². The SMILES string of the molecule is CC(C)NC(=O)C(=O)NC[C@H]1COC2(CCCC2)O1. The van der Waals surface area contributed by atoms with Gasteiger partial charge in [0, 0.05) is 25.4 Å². The van der Waals surface area contributed by atoms with E-state index in [1.54, 1.807) is 0 Å². The van der Waals surface area contributed by atoms with Crippen molar-refractivity contribution < 1.29 is 19.1 Å². The van der Waals surface area contributed by atoms with Crippen LogP contribution >= 0.6 is 0 Å². The van der Waals surface area contributed by atoms with Gasteiger partial charge in [0.05, 0.1) is 6.61 Å². The Morgan fingerprint density at radius 2 is 1.95 bits per heavy atom. The van der Waals surface area contributed by atoms with E-state index in [1.807, 2.05) is 13.8 Å². The molecule has 0 radical (unpaired) electrons. The van der Waals surface area contributed by atoms with Crippen LogP contribution in [0.2, 0.25) is 0 Å². The van der Waals surface area contributed by atoms with Crippen molar-refractivity contribution in [3.63, 3.8) is 0 Å².